The summed E-state index contributed by atoms with van der Waals surface area (Å²) >= 11 is 0. The van der Waals surface area contributed by atoms with Crippen molar-refractivity contribution in [2.24, 2.45) is 5.92 Å². The molecule has 0 unspecified atom stereocenters. The van der Waals surface area contributed by atoms with Crippen molar-refractivity contribution >= 4 is 5.97 Å². The second-order valence-corrected chi connectivity index (χ2v) is 8.42. The number of hydrogen-bond donors (Lipinski definition) is 0. The zero-order valence-electron chi connectivity index (χ0n) is 17.5. The van der Waals surface area contributed by atoms with Crippen molar-refractivity contribution in [3.63, 3.8) is 0 Å². The van der Waals surface area contributed by atoms with Gasteiger partial charge >= 0.3 is 5.97 Å². The third-order valence-corrected chi connectivity index (χ3v) is 6.18. The largest absolute Gasteiger partial charge is 0.461 e. The maximum atomic E-state index is 12.9. The van der Waals surface area contributed by atoms with Gasteiger partial charge in [0, 0.05) is 0 Å². The first kappa shape index (κ1) is 21.5. The van der Waals surface area contributed by atoms with Crippen LogP contribution in [0.3, 0.4) is 0 Å². The molecule has 1 aliphatic carbocycles. The molecule has 3 rings (SSSR count). The molecule has 0 amide bonds. The lowest BCUT2D eigenvalue weighted by Gasteiger charge is -2.29. The molecular formula is C26H33FO2. The zero-order chi connectivity index (χ0) is 20.5. The fourth-order valence-corrected chi connectivity index (χ4v) is 4.34. The molecule has 0 saturated heterocycles. The van der Waals surface area contributed by atoms with Gasteiger partial charge < -0.3 is 4.74 Å². The van der Waals surface area contributed by atoms with Gasteiger partial charge in [-0.25, -0.2) is 4.39 Å². The molecule has 0 atom stereocenters. The van der Waals surface area contributed by atoms with Crippen LogP contribution in [0, 0.1) is 11.7 Å². The van der Waals surface area contributed by atoms with Gasteiger partial charge in [0.25, 0.3) is 0 Å². The van der Waals surface area contributed by atoms with E-state index in [1.165, 1.54) is 69.1 Å². The number of ether oxygens (including phenoxy) is 1. The normalized spacial score (nSPS) is 19.1. The van der Waals surface area contributed by atoms with E-state index in [1.54, 1.807) is 12.1 Å². The SMILES string of the molecule is CCCCCC1CCC(c2ccc(CC(=O)OCc3ccc(F)cc3)cc2)CC1. The number of carbonyl (C=O) groups is 1. The minimum atomic E-state index is -0.287. The number of unbranched alkanes of at least 4 members (excludes halogenated alkanes) is 2. The zero-order valence-corrected chi connectivity index (χ0v) is 17.5. The average Bonchev–Trinajstić information content (AvgIpc) is 2.75. The van der Waals surface area contributed by atoms with E-state index in [-0.39, 0.29) is 24.8 Å². The van der Waals surface area contributed by atoms with Gasteiger partial charge in [-0.3, -0.25) is 4.79 Å². The van der Waals surface area contributed by atoms with Crippen LogP contribution in [0.2, 0.25) is 0 Å². The van der Waals surface area contributed by atoms with E-state index >= 15 is 0 Å². The lowest BCUT2D eigenvalue weighted by atomic mass is 9.77. The standard InChI is InChI=1S/C26H33FO2/c1-2-3-4-5-20-6-12-23(13-7-20)24-14-8-21(9-15-24)18-26(28)29-19-22-10-16-25(27)17-11-22/h8-11,14-17,20,23H,2-7,12-13,18-19H2,1H3. The van der Waals surface area contributed by atoms with Gasteiger partial charge in [-0.2, -0.15) is 0 Å². The highest BCUT2D eigenvalue weighted by Crippen LogP contribution is 2.37. The van der Waals surface area contributed by atoms with E-state index < -0.39 is 0 Å². The van der Waals surface area contributed by atoms with E-state index in [1.807, 2.05) is 0 Å². The smallest absolute Gasteiger partial charge is 0.310 e. The van der Waals surface area contributed by atoms with Crippen LogP contribution in [0.5, 0.6) is 0 Å². The Hall–Kier alpha value is -2.16. The van der Waals surface area contributed by atoms with Crippen LogP contribution in [0.25, 0.3) is 0 Å². The summed E-state index contributed by atoms with van der Waals surface area (Å²) in [6.45, 7) is 2.45. The third kappa shape index (κ3) is 6.99. The Morgan fingerprint density at radius 1 is 0.931 bits per heavy atom. The van der Waals surface area contributed by atoms with E-state index in [0.29, 0.717) is 5.92 Å². The summed E-state index contributed by atoms with van der Waals surface area (Å²) in [6, 6.07) is 14.5. The molecule has 0 heterocycles. The fraction of sp³-hybridized carbons (Fsp3) is 0.500. The highest BCUT2D eigenvalue weighted by atomic mass is 19.1. The average molecular weight is 397 g/mol. The summed E-state index contributed by atoms with van der Waals surface area (Å²) in [6.07, 6.45) is 11.0. The number of halogens is 1. The molecule has 3 heteroatoms. The van der Waals surface area contributed by atoms with Crippen LogP contribution in [0.15, 0.2) is 48.5 Å². The Balaban J connectivity index is 1.41. The lowest BCUT2D eigenvalue weighted by molar-refractivity contribution is -0.144. The Labute approximate surface area is 174 Å². The monoisotopic (exact) mass is 396 g/mol. The van der Waals surface area contributed by atoms with Gasteiger partial charge in [0.2, 0.25) is 0 Å². The molecule has 2 nitrogen and oxygen atoms in total. The molecule has 1 aliphatic rings. The maximum absolute atomic E-state index is 12.9. The Kier molecular flexibility index (Phi) is 8.27. The van der Waals surface area contributed by atoms with Gasteiger partial charge in [0.15, 0.2) is 0 Å². The molecule has 1 saturated carbocycles. The van der Waals surface area contributed by atoms with Crippen LogP contribution in [0.4, 0.5) is 4.39 Å². The minimum Gasteiger partial charge on any atom is -0.461 e. The Morgan fingerprint density at radius 2 is 1.59 bits per heavy atom. The quantitative estimate of drug-likeness (QED) is 0.338. The van der Waals surface area contributed by atoms with E-state index in [9.17, 15) is 9.18 Å². The minimum absolute atomic E-state index is 0.179. The summed E-state index contributed by atoms with van der Waals surface area (Å²) in [5, 5.41) is 0. The molecule has 2 aromatic carbocycles. The topological polar surface area (TPSA) is 26.3 Å². The fourth-order valence-electron chi connectivity index (χ4n) is 4.34. The predicted molar refractivity (Wildman–Crippen MR) is 115 cm³/mol. The highest BCUT2D eigenvalue weighted by molar-refractivity contribution is 5.72. The summed E-state index contributed by atoms with van der Waals surface area (Å²) in [7, 11) is 0. The molecule has 29 heavy (non-hydrogen) atoms. The van der Waals surface area contributed by atoms with Gasteiger partial charge in [-0.1, -0.05) is 69.0 Å². The first-order valence-corrected chi connectivity index (χ1v) is 11.1. The van der Waals surface area contributed by atoms with Crippen molar-refractivity contribution in [2.75, 3.05) is 0 Å². The molecular weight excluding hydrogens is 363 g/mol. The van der Waals surface area contributed by atoms with E-state index in [0.717, 1.165) is 17.0 Å². The van der Waals surface area contributed by atoms with Crippen LogP contribution >= 0.6 is 0 Å². The molecule has 1 fully saturated rings. The number of benzene rings is 2. The number of hydrogen-bond acceptors (Lipinski definition) is 2. The van der Waals surface area contributed by atoms with Crippen molar-refractivity contribution in [3.05, 3.63) is 71.0 Å². The number of carbonyl (C=O) groups excluding carboxylic acids is 1. The van der Waals surface area contributed by atoms with Crippen LogP contribution in [-0.4, -0.2) is 5.97 Å². The summed E-state index contributed by atoms with van der Waals surface area (Å²) < 4.78 is 18.2. The van der Waals surface area contributed by atoms with Gasteiger partial charge in [0.05, 0.1) is 6.42 Å². The highest BCUT2D eigenvalue weighted by Gasteiger charge is 2.22. The van der Waals surface area contributed by atoms with Crippen LogP contribution in [-0.2, 0) is 22.6 Å². The van der Waals surface area contributed by atoms with E-state index in [2.05, 4.69) is 31.2 Å². The molecule has 0 aromatic heterocycles. The molecule has 0 bridgehead atoms. The van der Waals surface area contributed by atoms with Gasteiger partial charge in [-0.15, -0.1) is 0 Å². The first-order chi connectivity index (χ1) is 14.1. The van der Waals surface area contributed by atoms with Gasteiger partial charge in [-0.05, 0) is 66.3 Å². The maximum Gasteiger partial charge on any atom is 0.310 e. The second kappa shape index (κ2) is 11.1. The van der Waals surface area contributed by atoms with Crippen molar-refractivity contribution in [3.8, 4) is 0 Å². The van der Waals surface area contributed by atoms with Crippen LogP contribution < -0.4 is 0 Å². The molecule has 0 aliphatic heterocycles. The summed E-state index contributed by atoms with van der Waals surface area (Å²) in [5.74, 6) is 1.05. The van der Waals surface area contributed by atoms with E-state index in [4.69, 9.17) is 4.74 Å². The molecule has 0 N–H and O–H groups in total. The molecule has 0 spiro atoms. The Morgan fingerprint density at radius 3 is 2.24 bits per heavy atom. The molecule has 0 radical (unpaired) electrons. The van der Waals surface area contributed by atoms with Crippen molar-refractivity contribution < 1.29 is 13.9 Å². The predicted octanol–water partition coefficient (Wildman–Crippen LogP) is 6.97. The summed E-state index contributed by atoms with van der Waals surface area (Å²) in [4.78, 5) is 12.1. The third-order valence-electron chi connectivity index (χ3n) is 6.18. The summed E-state index contributed by atoms with van der Waals surface area (Å²) in [5.41, 5.74) is 3.17. The van der Waals surface area contributed by atoms with Crippen molar-refractivity contribution in [2.45, 2.75) is 77.2 Å². The van der Waals surface area contributed by atoms with Crippen molar-refractivity contribution in [1.29, 1.82) is 0 Å². The second-order valence-electron chi connectivity index (χ2n) is 8.42. The van der Waals surface area contributed by atoms with Gasteiger partial charge in [0.1, 0.15) is 12.4 Å². The Bertz CT molecular complexity index is 743. The lowest BCUT2D eigenvalue weighted by Crippen LogP contribution is -2.13. The first-order valence-electron chi connectivity index (χ1n) is 11.1. The molecule has 156 valence electrons. The number of rotatable bonds is 9. The van der Waals surface area contributed by atoms with Crippen molar-refractivity contribution in [1.82, 2.24) is 0 Å². The number of esters is 1. The molecule has 2 aromatic rings. The van der Waals surface area contributed by atoms with Crippen LogP contribution in [0.1, 0.15) is 80.9 Å².